The van der Waals surface area contributed by atoms with Crippen molar-refractivity contribution in [3.05, 3.63) is 281 Å². The summed E-state index contributed by atoms with van der Waals surface area (Å²) in [7, 11) is 4.25. The van der Waals surface area contributed by atoms with Gasteiger partial charge in [-0.1, -0.05) is 109 Å². The van der Waals surface area contributed by atoms with Crippen molar-refractivity contribution in [2.75, 3.05) is 13.1 Å². The summed E-state index contributed by atoms with van der Waals surface area (Å²) in [6.07, 6.45) is 12.2. The molecule has 0 atom stereocenters. The molecular formula is C74H71BrN8O6. The summed E-state index contributed by atoms with van der Waals surface area (Å²) in [5.41, 5.74) is 17.5. The van der Waals surface area contributed by atoms with Gasteiger partial charge >= 0.3 is 0 Å². The first-order chi connectivity index (χ1) is 43.6. The molecule has 0 saturated carbocycles. The maximum atomic E-state index is 13.0. The molecule has 6 aromatic heterocycles. The van der Waals surface area contributed by atoms with Crippen LogP contribution in [0.25, 0.3) is 49.8 Å². The number of hydrogen-bond donors (Lipinski definition) is 2. The molecule has 8 heterocycles. The van der Waals surface area contributed by atoms with Crippen molar-refractivity contribution < 1.29 is 14.2 Å². The minimum Gasteiger partial charge on any atom is -0.489 e. The Labute approximate surface area is 524 Å². The van der Waals surface area contributed by atoms with Crippen LogP contribution in [0.3, 0.4) is 0 Å². The standard InChI is InChI=1S/C25H23BrN2O2.C25H25N3O2.C24H23N3O2/c1-27-21-10-6-5-9-19(21)20-12-11-18(15-22(20)27)28-14-13-23(24(26)25(28)29)30-16-17-7-3-2-4-8-17;1-2-27-23-10-12-26-16-22(23)21-9-8-19(14-24(21)27)28-13-11-20(15-25(28)29)30-17-18-6-4-3-5-7-18;1-26-22-9-11-25-15-21(22)20-8-7-18(13-23(20)26)27-12-10-19(14-24(27)28)29-16-17-5-3-2-4-6-17/h2-4,7-8,11-15H,5-6,9-10,16H2,1H3;3-9,11,13-15,26H,2,10,12,16-17H2,1H3;2-8,10,12-14,25H,9,11,15-16H2,1H3. The van der Waals surface area contributed by atoms with Gasteiger partial charge in [-0.15, -0.1) is 0 Å². The number of nitrogens with zero attached hydrogens (tertiary/aromatic N) is 6. The first-order valence-electron chi connectivity index (χ1n) is 30.7. The lowest BCUT2D eigenvalue weighted by atomic mass is 9.95. The average Bonchev–Trinajstić information content (AvgIpc) is 1.80. The highest BCUT2D eigenvalue weighted by Crippen LogP contribution is 2.35. The lowest BCUT2D eigenvalue weighted by Gasteiger charge is -2.16. The maximum absolute atomic E-state index is 13.0. The zero-order chi connectivity index (χ0) is 61.0. The van der Waals surface area contributed by atoms with Crippen LogP contribution in [0.5, 0.6) is 17.2 Å². The Hall–Kier alpha value is -9.41. The van der Waals surface area contributed by atoms with Gasteiger partial charge in [0.25, 0.3) is 16.7 Å². The fourth-order valence-electron chi connectivity index (χ4n) is 13.0. The lowest BCUT2D eigenvalue weighted by molar-refractivity contribution is 0.303. The lowest BCUT2D eigenvalue weighted by Crippen LogP contribution is -2.24. The number of aromatic nitrogens is 6. The van der Waals surface area contributed by atoms with Crippen LogP contribution in [0.2, 0.25) is 0 Å². The van der Waals surface area contributed by atoms with Crippen LogP contribution in [-0.2, 0) is 79.2 Å². The molecule has 89 heavy (non-hydrogen) atoms. The summed E-state index contributed by atoms with van der Waals surface area (Å²) in [5, 5.41) is 10.8. The highest BCUT2D eigenvalue weighted by atomic mass is 79.9. The summed E-state index contributed by atoms with van der Waals surface area (Å²) in [6.45, 7) is 8.25. The molecule has 3 aliphatic rings. The smallest absolute Gasteiger partial charge is 0.273 e. The topological polar surface area (TPSA) is 133 Å². The largest absolute Gasteiger partial charge is 0.489 e. The van der Waals surface area contributed by atoms with Crippen molar-refractivity contribution >= 4 is 48.6 Å². The third kappa shape index (κ3) is 12.2. The van der Waals surface area contributed by atoms with Gasteiger partial charge in [-0.2, -0.15) is 0 Å². The number of fused-ring (bicyclic) bond motifs is 9. The van der Waals surface area contributed by atoms with Crippen LogP contribution < -0.4 is 41.5 Å². The van der Waals surface area contributed by atoms with E-state index in [4.69, 9.17) is 14.2 Å². The van der Waals surface area contributed by atoms with Crippen molar-refractivity contribution in [3.8, 4) is 34.3 Å². The summed E-state index contributed by atoms with van der Waals surface area (Å²) < 4.78 is 29.9. The average molecular weight is 1250 g/mol. The molecule has 0 bridgehead atoms. The van der Waals surface area contributed by atoms with Gasteiger partial charge in [0.05, 0.1) is 33.6 Å². The van der Waals surface area contributed by atoms with Crippen molar-refractivity contribution in [1.82, 2.24) is 38.0 Å². The Balaban J connectivity index is 0.000000123. The molecule has 14 nitrogen and oxygen atoms in total. The third-order valence-corrected chi connectivity index (χ3v) is 18.3. The Morgan fingerprint density at radius 1 is 0.449 bits per heavy atom. The van der Waals surface area contributed by atoms with E-state index in [0.29, 0.717) is 41.5 Å². The normalized spacial score (nSPS) is 13.4. The zero-order valence-corrected chi connectivity index (χ0v) is 52.0. The van der Waals surface area contributed by atoms with Crippen molar-refractivity contribution in [1.29, 1.82) is 0 Å². The molecule has 2 aliphatic heterocycles. The van der Waals surface area contributed by atoms with Gasteiger partial charge in [0.2, 0.25) is 0 Å². The highest BCUT2D eigenvalue weighted by Gasteiger charge is 2.23. The number of rotatable bonds is 13. The molecule has 0 saturated heterocycles. The predicted molar refractivity (Wildman–Crippen MR) is 358 cm³/mol. The van der Waals surface area contributed by atoms with Gasteiger partial charge in [0.15, 0.2) is 0 Å². The first kappa shape index (κ1) is 58.6. The Kier molecular flexibility index (Phi) is 17.2. The Morgan fingerprint density at radius 3 is 1.42 bits per heavy atom. The van der Waals surface area contributed by atoms with E-state index in [9.17, 15) is 14.4 Å². The molecule has 15 heteroatoms. The predicted octanol–water partition coefficient (Wildman–Crippen LogP) is 13.1. The van der Waals surface area contributed by atoms with E-state index in [2.05, 4.69) is 97.7 Å². The molecule has 0 fully saturated rings. The van der Waals surface area contributed by atoms with Gasteiger partial charge < -0.3 is 38.5 Å². The van der Waals surface area contributed by atoms with Crippen LogP contribution in [-0.4, -0.2) is 40.5 Å². The second kappa shape index (κ2) is 26.1. The number of ether oxygens (including phenoxy) is 3. The quantitative estimate of drug-likeness (QED) is 0.117. The number of pyridine rings is 3. The van der Waals surface area contributed by atoms with E-state index >= 15 is 0 Å². The highest BCUT2D eigenvalue weighted by molar-refractivity contribution is 9.10. The Morgan fingerprint density at radius 2 is 0.888 bits per heavy atom. The zero-order valence-electron chi connectivity index (χ0n) is 50.4. The minimum atomic E-state index is -0.126. The maximum Gasteiger partial charge on any atom is 0.273 e. The molecule has 15 rings (SSSR count). The van der Waals surface area contributed by atoms with E-state index in [0.717, 1.165) is 97.7 Å². The summed E-state index contributed by atoms with van der Waals surface area (Å²) in [6, 6.07) is 57.3. The van der Waals surface area contributed by atoms with Gasteiger partial charge in [0, 0.05) is 124 Å². The monoisotopic (exact) mass is 1250 g/mol. The fourth-order valence-corrected chi connectivity index (χ4v) is 13.4. The molecule has 450 valence electrons. The van der Waals surface area contributed by atoms with E-state index in [1.807, 2.05) is 127 Å². The van der Waals surface area contributed by atoms with Crippen molar-refractivity contribution in [2.45, 2.75) is 84.9 Å². The number of benzene rings is 6. The SMILES string of the molecule is CCn1c2c(c3ccc(-n4ccc(OCc5ccccc5)cc4=O)cc31)CNCC2.Cn1c2c(c3ccc(-n4ccc(OCc5ccccc5)c(Br)c4=O)cc31)CCCC2.Cn1c2c(c3ccc(-n4ccc(OCc5ccccc5)cc4=O)cc31)CNCC2. The molecule has 12 aromatic rings. The molecule has 6 aromatic carbocycles. The second-order valence-corrected chi connectivity index (χ2v) is 23.7. The van der Waals surface area contributed by atoms with Gasteiger partial charge in [0.1, 0.15) is 41.5 Å². The Bertz CT molecular complexity index is 4730. The fraction of sp³-hybridized carbons (Fsp3) is 0.230. The van der Waals surface area contributed by atoms with Crippen molar-refractivity contribution in [2.24, 2.45) is 14.1 Å². The van der Waals surface area contributed by atoms with Gasteiger partial charge in [-0.3, -0.25) is 28.1 Å². The van der Waals surface area contributed by atoms with E-state index in [1.165, 1.54) is 73.8 Å². The number of halogens is 1. The first-order valence-corrected chi connectivity index (χ1v) is 31.5. The minimum absolute atomic E-state index is 0.0963. The van der Waals surface area contributed by atoms with Gasteiger partial charge in [-0.25, -0.2) is 0 Å². The van der Waals surface area contributed by atoms with E-state index < -0.39 is 0 Å². The molecule has 1 aliphatic carbocycles. The number of aryl methyl sites for hydroxylation is 4. The van der Waals surface area contributed by atoms with E-state index in [-0.39, 0.29) is 16.7 Å². The van der Waals surface area contributed by atoms with Crippen LogP contribution in [0.15, 0.2) is 213 Å². The summed E-state index contributed by atoms with van der Waals surface area (Å²) in [4.78, 5) is 38.6. The van der Waals surface area contributed by atoms with E-state index in [1.54, 1.807) is 44.4 Å². The third-order valence-electron chi connectivity index (χ3n) is 17.5. The van der Waals surface area contributed by atoms with Crippen LogP contribution in [0.1, 0.15) is 70.2 Å². The number of nitrogens with one attached hydrogen (secondary N) is 2. The van der Waals surface area contributed by atoms with Gasteiger partial charge in [-0.05, 0) is 137 Å². The molecular weight excluding hydrogens is 1180 g/mol. The molecule has 2 N–H and O–H groups in total. The van der Waals surface area contributed by atoms with Crippen molar-refractivity contribution in [3.63, 3.8) is 0 Å². The number of hydrogen-bond acceptors (Lipinski definition) is 8. The van der Waals surface area contributed by atoms with Crippen LogP contribution in [0, 0.1) is 0 Å². The van der Waals surface area contributed by atoms with Crippen LogP contribution in [0.4, 0.5) is 0 Å². The second-order valence-electron chi connectivity index (χ2n) is 22.9. The molecule has 0 spiro atoms. The van der Waals surface area contributed by atoms with Crippen LogP contribution >= 0.6 is 15.9 Å². The molecule has 0 amide bonds. The molecule has 0 unspecified atom stereocenters. The summed E-state index contributed by atoms with van der Waals surface area (Å²) >= 11 is 3.45. The summed E-state index contributed by atoms with van der Waals surface area (Å²) in [5.74, 6) is 1.71. The molecule has 0 radical (unpaired) electrons.